The lowest BCUT2D eigenvalue weighted by molar-refractivity contribution is -0.384. The quantitative estimate of drug-likeness (QED) is 0.217. The van der Waals surface area contributed by atoms with Gasteiger partial charge in [0, 0.05) is 19.2 Å². The Balaban J connectivity index is 1.49. The Labute approximate surface area is 204 Å². The molecule has 1 fully saturated rings. The normalized spacial score (nSPS) is 14.4. The van der Waals surface area contributed by atoms with E-state index >= 15 is 0 Å². The number of benzene rings is 1. The Morgan fingerprint density at radius 1 is 1.34 bits per heavy atom. The van der Waals surface area contributed by atoms with E-state index in [4.69, 9.17) is 9.15 Å². The van der Waals surface area contributed by atoms with Gasteiger partial charge < -0.3 is 14.1 Å². The molecule has 12 heteroatoms. The first kappa shape index (κ1) is 23.9. The Morgan fingerprint density at radius 3 is 2.80 bits per heavy atom. The fraction of sp³-hybridized carbons (Fsp3) is 0.304. The lowest BCUT2D eigenvalue weighted by atomic mass is 10.00. The Bertz CT molecular complexity index is 1320. The van der Waals surface area contributed by atoms with Crippen molar-refractivity contribution in [3.63, 3.8) is 0 Å². The molecule has 0 radical (unpaired) electrons. The number of rotatable bonds is 7. The van der Waals surface area contributed by atoms with Gasteiger partial charge in [0.15, 0.2) is 0 Å². The zero-order valence-electron chi connectivity index (χ0n) is 19.1. The number of carbonyl (C=O) groups is 1. The van der Waals surface area contributed by atoms with Crippen molar-refractivity contribution in [2.24, 2.45) is 5.92 Å². The summed E-state index contributed by atoms with van der Waals surface area (Å²) >= 11 is 1.25. The van der Waals surface area contributed by atoms with Crippen molar-refractivity contribution in [1.29, 1.82) is 5.26 Å². The lowest BCUT2D eigenvalue weighted by Crippen LogP contribution is -2.32. The van der Waals surface area contributed by atoms with E-state index in [2.05, 4.69) is 27.3 Å². The SMILES string of the molecule is COc1ccc(-c2ccc(/C=C(/C#N)C(=O)Nc3nnc(N4CCC(C)CC4)s3)o2)c([N+](=O)[O-])c1. The number of nitro benzene ring substituents is 1. The highest BCUT2D eigenvalue weighted by Crippen LogP contribution is 2.34. The largest absolute Gasteiger partial charge is 0.497 e. The van der Waals surface area contributed by atoms with E-state index in [1.165, 1.54) is 48.8 Å². The molecule has 1 aromatic carbocycles. The number of nitriles is 1. The Kier molecular flexibility index (Phi) is 7.07. The van der Waals surface area contributed by atoms with Crippen molar-refractivity contribution in [2.75, 3.05) is 30.4 Å². The van der Waals surface area contributed by atoms with Crippen molar-refractivity contribution in [3.8, 4) is 23.1 Å². The van der Waals surface area contributed by atoms with Crippen LogP contribution in [0.3, 0.4) is 0 Å². The second-order valence-corrected chi connectivity index (χ2v) is 8.98. The highest BCUT2D eigenvalue weighted by Gasteiger charge is 2.22. The Hall–Kier alpha value is -4.24. The zero-order valence-corrected chi connectivity index (χ0v) is 19.9. The van der Waals surface area contributed by atoms with E-state index in [1.54, 1.807) is 6.07 Å². The minimum atomic E-state index is -0.657. The number of aromatic nitrogens is 2. The summed E-state index contributed by atoms with van der Waals surface area (Å²) in [7, 11) is 1.42. The predicted octanol–water partition coefficient (Wildman–Crippen LogP) is 4.50. The fourth-order valence-electron chi connectivity index (χ4n) is 3.62. The first-order chi connectivity index (χ1) is 16.9. The number of nitrogens with one attached hydrogen (secondary N) is 1. The summed E-state index contributed by atoms with van der Waals surface area (Å²) in [5.74, 6) is 0.769. The molecule has 35 heavy (non-hydrogen) atoms. The molecule has 180 valence electrons. The van der Waals surface area contributed by atoms with Crippen LogP contribution in [-0.2, 0) is 4.79 Å². The number of carbonyl (C=O) groups excluding carboxylic acids is 1. The molecular weight excluding hydrogens is 472 g/mol. The summed E-state index contributed by atoms with van der Waals surface area (Å²) in [5.41, 5.74) is -0.159. The summed E-state index contributed by atoms with van der Waals surface area (Å²) < 4.78 is 10.7. The summed E-state index contributed by atoms with van der Waals surface area (Å²) in [6.07, 6.45) is 3.42. The van der Waals surface area contributed by atoms with Gasteiger partial charge in [-0.3, -0.25) is 20.2 Å². The first-order valence-electron chi connectivity index (χ1n) is 10.8. The van der Waals surface area contributed by atoms with Crippen LogP contribution >= 0.6 is 11.3 Å². The van der Waals surface area contributed by atoms with Gasteiger partial charge in [-0.1, -0.05) is 18.3 Å². The second kappa shape index (κ2) is 10.4. The van der Waals surface area contributed by atoms with Gasteiger partial charge in [-0.15, -0.1) is 10.2 Å². The van der Waals surface area contributed by atoms with Gasteiger partial charge in [0.05, 0.1) is 23.7 Å². The van der Waals surface area contributed by atoms with Gasteiger partial charge in [0.2, 0.25) is 10.3 Å². The molecule has 11 nitrogen and oxygen atoms in total. The van der Waals surface area contributed by atoms with E-state index in [1.807, 2.05) is 6.07 Å². The molecule has 0 atom stereocenters. The molecule has 1 amide bonds. The topological polar surface area (TPSA) is 147 Å². The highest BCUT2D eigenvalue weighted by atomic mass is 32.1. The number of furan rings is 1. The number of piperidine rings is 1. The van der Waals surface area contributed by atoms with Gasteiger partial charge in [0.25, 0.3) is 11.6 Å². The van der Waals surface area contributed by atoms with Gasteiger partial charge in [0.1, 0.15) is 28.9 Å². The monoisotopic (exact) mass is 494 g/mol. The molecule has 3 aromatic rings. The van der Waals surface area contributed by atoms with Crippen molar-refractivity contribution < 1.29 is 18.9 Å². The molecule has 1 N–H and O–H groups in total. The maximum absolute atomic E-state index is 12.6. The van der Waals surface area contributed by atoms with Gasteiger partial charge >= 0.3 is 0 Å². The van der Waals surface area contributed by atoms with Crippen LogP contribution in [0.1, 0.15) is 25.5 Å². The van der Waals surface area contributed by atoms with Crippen LogP contribution in [0.25, 0.3) is 17.4 Å². The van der Waals surface area contributed by atoms with Crippen molar-refractivity contribution in [3.05, 3.63) is 51.8 Å². The number of hydrogen-bond acceptors (Lipinski definition) is 10. The number of hydrogen-bond donors (Lipinski definition) is 1. The van der Waals surface area contributed by atoms with E-state index in [0.29, 0.717) is 16.8 Å². The molecule has 0 unspecified atom stereocenters. The van der Waals surface area contributed by atoms with Crippen LogP contribution in [-0.4, -0.2) is 41.2 Å². The van der Waals surface area contributed by atoms with E-state index < -0.39 is 10.8 Å². The molecule has 0 saturated carbocycles. The number of nitrogens with zero attached hydrogens (tertiary/aromatic N) is 5. The molecular formula is C23H22N6O5S. The van der Waals surface area contributed by atoms with Crippen molar-refractivity contribution >= 4 is 39.3 Å². The van der Waals surface area contributed by atoms with Crippen LogP contribution in [0.2, 0.25) is 0 Å². The average Bonchev–Trinajstić information content (AvgIpc) is 3.52. The second-order valence-electron chi connectivity index (χ2n) is 8.03. The molecule has 1 saturated heterocycles. The van der Waals surface area contributed by atoms with Gasteiger partial charge in [-0.2, -0.15) is 5.26 Å². The number of ether oxygens (including phenoxy) is 1. The van der Waals surface area contributed by atoms with Crippen molar-refractivity contribution in [1.82, 2.24) is 10.2 Å². The smallest absolute Gasteiger partial charge is 0.284 e. The molecule has 3 heterocycles. The van der Waals surface area contributed by atoms with Crippen molar-refractivity contribution in [2.45, 2.75) is 19.8 Å². The van der Waals surface area contributed by atoms with Crippen LogP contribution in [0, 0.1) is 27.4 Å². The van der Waals surface area contributed by atoms with Crippen LogP contribution in [0.5, 0.6) is 5.75 Å². The molecule has 0 bridgehead atoms. The standard InChI is InChI=1S/C23H22N6O5S/c1-14-7-9-28(10-8-14)23-27-26-22(35-23)25-21(30)15(13-24)11-17-4-6-20(34-17)18-5-3-16(33-2)12-19(18)29(31)32/h3-6,11-12,14H,7-10H2,1-2H3,(H,25,26,30)/b15-11-. The summed E-state index contributed by atoms with van der Waals surface area (Å²) in [6.45, 7) is 4.00. The summed E-state index contributed by atoms with van der Waals surface area (Å²) in [4.78, 5) is 25.7. The average molecular weight is 495 g/mol. The Morgan fingerprint density at radius 2 is 2.11 bits per heavy atom. The van der Waals surface area contributed by atoms with Crippen LogP contribution < -0.4 is 15.0 Å². The third-order valence-electron chi connectivity index (χ3n) is 5.63. The third kappa shape index (κ3) is 5.47. The lowest BCUT2D eigenvalue weighted by Gasteiger charge is -2.29. The minimum absolute atomic E-state index is 0.192. The number of nitro groups is 1. The van der Waals surface area contributed by atoms with E-state index in [9.17, 15) is 20.2 Å². The minimum Gasteiger partial charge on any atom is -0.497 e. The van der Waals surface area contributed by atoms with Gasteiger partial charge in [-0.05, 0) is 43.0 Å². The summed E-state index contributed by atoms with van der Waals surface area (Å²) in [6, 6.07) is 9.29. The first-order valence-corrected chi connectivity index (χ1v) is 11.6. The third-order valence-corrected chi connectivity index (χ3v) is 6.53. The van der Waals surface area contributed by atoms with Crippen LogP contribution in [0.15, 0.2) is 40.3 Å². The molecule has 2 aromatic heterocycles. The predicted molar refractivity (Wildman–Crippen MR) is 130 cm³/mol. The molecule has 0 spiro atoms. The number of anilines is 2. The number of methoxy groups -OCH3 is 1. The molecule has 4 rings (SSSR count). The number of amides is 1. The molecule has 1 aliphatic heterocycles. The van der Waals surface area contributed by atoms with Gasteiger partial charge in [-0.25, -0.2) is 0 Å². The summed E-state index contributed by atoms with van der Waals surface area (Å²) in [5, 5.41) is 32.8. The fourth-order valence-corrected chi connectivity index (χ4v) is 4.41. The van der Waals surface area contributed by atoms with E-state index in [0.717, 1.165) is 31.1 Å². The van der Waals surface area contributed by atoms with E-state index in [-0.39, 0.29) is 28.3 Å². The maximum atomic E-state index is 12.6. The highest BCUT2D eigenvalue weighted by molar-refractivity contribution is 7.19. The molecule has 1 aliphatic rings. The molecule has 0 aliphatic carbocycles. The van der Waals surface area contributed by atoms with Crippen LogP contribution in [0.4, 0.5) is 16.0 Å². The zero-order chi connectivity index (χ0) is 24.9. The maximum Gasteiger partial charge on any atom is 0.284 e.